The lowest BCUT2D eigenvalue weighted by atomic mass is 10.2. The Hall–Kier alpha value is -2.78. The summed E-state index contributed by atoms with van der Waals surface area (Å²) in [5, 5.41) is 0. The van der Waals surface area contributed by atoms with Crippen LogP contribution in [0.25, 0.3) is 0 Å². The Bertz CT molecular complexity index is 377. The largest absolute Gasteiger partial charge is 0.350 e. The van der Waals surface area contributed by atoms with Gasteiger partial charge in [-0.2, -0.15) is 0 Å². The molecule has 0 aliphatic rings. The van der Waals surface area contributed by atoms with E-state index in [1.54, 1.807) is 0 Å². The Balaban J connectivity index is 4.22. The van der Waals surface area contributed by atoms with Crippen LogP contribution in [0.5, 0.6) is 0 Å². The Kier molecular flexibility index (Phi) is 5.57. The lowest BCUT2D eigenvalue weighted by Crippen LogP contribution is -2.46. The summed E-state index contributed by atoms with van der Waals surface area (Å²) < 4.78 is 0. The molecule has 0 aromatic rings. The highest BCUT2D eigenvalue weighted by molar-refractivity contribution is 6.01. The van der Waals surface area contributed by atoms with Crippen LogP contribution in [0.3, 0.4) is 0 Å². The minimum absolute atomic E-state index is 0.0254. The average molecular weight is 244 g/mol. The number of hydrogen-bond donors (Lipinski definition) is 6. The quantitative estimate of drug-likeness (QED) is 0.230. The molecular formula is C7H12N6O4. The van der Waals surface area contributed by atoms with Gasteiger partial charge in [0.1, 0.15) is 0 Å². The first-order valence-corrected chi connectivity index (χ1v) is 4.22. The van der Waals surface area contributed by atoms with Crippen LogP contribution in [0.4, 0.5) is 9.59 Å². The predicted molar refractivity (Wildman–Crippen MR) is 55.5 cm³/mol. The molecule has 0 heterocycles. The Labute approximate surface area is 95.7 Å². The fourth-order valence-corrected chi connectivity index (χ4v) is 0.638. The van der Waals surface area contributed by atoms with Gasteiger partial charge in [-0.3, -0.25) is 20.4 Å². The van der Waals surface area contributed by atoms with E-state index in [4.69, 9.17) is 5.73 Å². The third kappa shape index (κ3) is 7.18. The summed E-state index contributed by atoms with van der Waals surface area (Å²) >= 11 is 0. The van der Waals surface area contributed by atoms with Crippen molar-refractivity contribution in [3.8, 4) is 0 Å². The number of nitrogens with one attached hydrogen (secondary N) is 4. The van der Waals surface area contributed by atoms with Crippen molar-refractivity contribution in [3.63, 3.8) is 0 Å². The zero-order valence-corrected chi connectivity index (χ0v) is 8.87. The third-order valence-electron chi connectivity index (χ3n) is 1.31. The van der Waals surface area contributed by atoms with Gasteiger partial charge in [-0.25, -0.2) is 20.4 Å². The number of hydrazine groups is 2. The van der Waals surface area contributed by atoms with Crippen molar-refractivity contribution in [2.24, 2.45) is 11.5 Å². The zero-order valence-electron chi connectivity index (χ0n) is 8.87. The van der Waals surface area contributed by atoms with Crippen LogP contribution in [0.2, 0.25) is 0 Å². The highest BCUT2D eigenvalue weighted by atomic mass is 16.2. The molecule has 0 rings (SSSR count). The smallest absolute Gasteiger partial charge is 0.330 e. The number of amides is 6. The molecule has 0 aliphatic carbocycles. The number of rotatable bonds is 2. The van der Waals surface area contributed by atoms with Crippen LogP contribution in [-0.2, 0) is 9.59 Å². The molecule has 0 spiro atoms. The van der Waals surface area contributed by atoms with Gasteiger partial charge in [-0.05, 0) is 6.92 Å². The molecule has 0 aliphatic heterocycles. The lowest BCUT2D eigenvalue weighted by Gasteiger charge is -2.05. The molecule has 10 heteroatoms. The van der Waals surface area contributed by atoms with Crippen LogP contribution in [0, 0.1) is 0 Å². The molecule has 0 saturated heterocycles. The predicted octanol–water partition coefficient (Wildman–Crippen LogP) is -2.67. The highest BCUT2D eigenvalue weighted by Crippen LogP contribution is 1.90. The maximum absolute atomic E-state index is 11.2. The monoisotopic (exact) mass is 244 g/mol. The minimum atomic E-state index is -0.954. The summed E-state index contributed by atoms with van der Waals surface area (Å²) in [5.41, 5.74) is 16.8. The van der Waals surface area contributed by atoms with Crippen molar-refractivity contribution in [1.82, 2.24) is 21.7 Å². The Morgan fingerprint density at radius 3 is 1.82 bits per heavy atom. The molecule has 0 bridgehead atoms. The summed E-state index contributed by atoms with van der Waals surface area (Å²) in [6.07, 6.45) is 0.883. The number of primary amides is 2. The second-order valence-corrected chi connectivity index (χ2v) is 2.75. The summed E-state index contributed by atoms with van der Waals surface area (Å²) in [6.45, 7) is 1.31. The van der Waals surface area contributed by atoms with E-state index in [9.17, 15) is 19.2 Å². The standard InChI is InChI=1S/C7H12N6O4/c1-3(5(15)11-13-7(9)17)2-4(14)10-12-6(8)16/h2H,1H3,(H,10,14)(H,11,15)(H3,8,12,16)(H3,9,13,17)/b3-2-. The first-order chi connectivity index (χ1) is 7.82. The summed E-state index contributed by atoms with van der Waals surface area (Å²) in [6, 6.07) is -1.91. The lowest BCUT2D eigenvalue weighted by molar-refractivity contribution is -0.120. The second kappa shape index (κ2) is 6.66. The zero-order chi connectivity index (χ0) is 13.4. The molecule has 8 N–H and O–H groups in total. The number of carbonyl (C=O) groups is 4. The number of hydrogen-bond acceptors (Lipinski definition) is 4. The topological polar surface area (TPSA) is 168 Å². The Morgan fingerprint density at radius 1 is 0.882 bits per heavy atom. The third-order valence-corrected chi connectivity index (χ3v) is 1.31. The van der Waals surface area contributed by atoms with Crippen LogP contribution >= 0.6 is 0 Å². The van der Waals surface area contributed by atoms with Crippen molar-refractivity contribution in [2.75, 3.05) is 0 Å². The second-order valence-electron chi connectivity index (χ2n) is 2.75. The van der Waals surface area contributed by atoms with Crippen LogP contribution in [0.1, 0.15) is 6.92 Å². The van der Waals surface area contributed by atoms with Crippen molar-refractivity contribution >= 4 is 23.9 Å². The first-order valence-electron chi connectivity index (χ1n) is 4.22. The molecule has 0 aromatic heterocycles. The van der Waals surface area contributed by atoms with E-state index in [-0.39, 0.29) is 5.57 Å². The fraction of sp³-hybridized carbons (Fsp3) is 0.143. The number of nitrogens with two attached hydrogens (primary N) is 2. The molecule has 0 saturated carbocycles. The molecule has 0 aromatic carbocycles. The van der Waals surface area contributed by atoms with Crippen LogP contribution in [-0.4, -0.2) is 23.9 Å². The normalized spacial score (nSPS) is 10.1. The van der Waals surface area contributed by atoms with E-state index in [1.807, 2.05) is 21.7 Å². The van der Waals surface area contributed by atoms with Gasteiger partial charge in [0, 0.05) is 11.6 Å². The molecule has 0 atom stereocenters. The molecule has 17 heavy (non-hydrogen) atoms. The molecular weight excluding hydrogens is 232 g/mol. The van der Waals surface area contributed by atoms with Crippen molar-refractivity contribution in [2.45, 2.75) is 6.92 Å². The van der Waals surface area contributed by atoms with Crippen LogP contribution < -0.4 is 33.2 Å². The van der Waals surface area contributed by atoms with E-state index in [0.29, 0.717) is 0 Å². The first kappa shape index (κ1) is 14.2. The van der Waals surface area contributed by atoms with Crippen molar-refractivity contribution in [3.05, 3.63) is 11.6 Å². The van der Waals surface area contributed by atoms with E-state index in [2.05, 4.69) is 5.73 Å². The van der Waals surface area contributed by atoms with Gasteiger partial charge in [-0.1, -0.05) is 0 Å². The number of carbonyl (C=O) groups excluding carboxylic acids is 4. The minimum Gasteiger partial charge on any atom is -0.350 e. The van der Waals surface area contributed by atoms with Gasteiger partial charge < -0.3 is 11.5 Å². The highest BCUT2D eigenvalue weighted by Gasteiger charge is 2.06. The average Bonchev–Trinajstić information content (AvgIpc) is 2.22. The van der Waals surface area contributed by atoms with Gasteiger partial charge in [-0.15, -0.1) is 0 Å². The molecule has 0 radical (unpaired) electrons. The van der Waals surface area contributed by atoms with Gasteiger partial charge in [0.2, 0.25) is 0 Å². The van der Waals surface area contributed by atoms with Crippen molar-refractivity contribution in [1.29, 1.82) is 0 Å². The van der Waals surface area contributed by atoms with Crippen LogP contribution in [0.15, 0.2) is 11.6 Å². The van der Waals surface area contributed by atoms with Gasteiger partial charge in [0.25, 0.3) is 11.8 Å². The molecule has 94 valence electrons. The maximum atomic E-state index is 11.2. The van der Waals surface area contributed by atoms with Gasteiger partial charge >= 0.3 is 12.1 Å². The summed E-state index contributed by atoms with van der Waals surface area (Å²) in [4.78, 5) is 42.7. The van der Waals surface area contributed by atoms with E-state index >= 15 is 0 Å². The maximum Gasteiger partial charge on any atom is 0.330 e. The SMILES string of the molecule is C/C(=C/C(=O)NNC(N)=O)C(=O)NNC(N)=O. The Morgan fingerprint density at radius 2 is 1.35 bits per heavy atom. The van der Waals surface area contributed by atoms with Crippen molar-refractivity contribution < 1.29 is 19.2 Å². The number of urea groups is 2. The fourth-order valence-electron chi connectivity index (χ4n) is 0.638. The molecule has 6 amide bonds. The molecule has 10 nitrogen and oxygen atoms in total. The molecule has 0 unspecified atom stereocenters. The van der Waals surface area contributed by atoms with E-state index in [0.717, 1.165) is 6.08 Å². The van der Waals surface area contributed by atoms with Gasteiger partial charge in [0.15, 0.2) is 0 Å². The summed E-state index contributed by atoms with van der Waals surface area (Å²) in [5.74, 6) is -1.51. The molecule has 0 fully saturated rings. The van der Waals surface area contributed by atoms with Gasteiger partial charge in [0.05, 0.1) is 0 Å². The van der Waals surface area contributed by atoms with E-state index in [1.165, 1.54) is 6.92 Å². The summed E-state index contributed by atoms with van der Waals surface area (Å²) in [7, 11) is 0. The van der Waals surface area contributed by atoms with E-state index < -0.39 is 23.9 Å².